The van der Waals surface area contributed by atoms with Crippen LogP contribution in [0, 0.1) is 6.92 Å². The van der Waals surface area contributed by atoms with Crippen molar-refractivity contribution in [2.24, 2.45) is 0 Å². The molecule has 0 spiro atoms. The van der Waals surface area contributed by atoms with Crippen molar-refractivity contribution in [3.63, 3.8) is 0 Å². The number of rotatable bonds is 6. The van der Waals surface area contributed by atoms with Crippen molar-refractivity contribution in [3.05, 3.63) is 58.4 Å². The molecule has 0 fully saturated rings. The molecule has 0 unspecified atom stereocenters. The topological polar surface area (TPSA) is 64.0 Å². The first-order chi connectivity index (χ1) is 14.1. The molecular formula is C21H21N3O2S3. The van der Waals surface area contributed by atoms with Gasteiger partial charge in [0.2, 0.25) is 5.91 Å². The van der Waals surface area contributed by atoms with Gasteiger partial charge in [-0.1, -0.05) is 30.0 Å². The fourth-order valence-corrected chi connectivity index (χ4v) is 6.70. The highest BCUT2D eigenvalue weighted by Crippen LogP contribution is 2.40. The second kappa shape index (κ2) is 8.77. The van der Waals surface area contributed by atoms with Gasteiger partial charge in [0.25, 0.3) is 5.56 Å². The molecule has 5 nitrogen and oxygen atoms in total. The molecule has 0 aliphatic carbocycles. The third-order valence-electron chi connectivity index (χ3n) is 4.60. The molecule has 1 aliphatic heterocycles. The van der Waals surface area contributed by atoms with E-state index in [1.54, 1.807) is 22.0 Å². The average Bonchev–Trinajstić information content (AvgIpc) is 3.09. The molecule has 3 aromatic rings. The maximum atomic E-state index is 13.6. The van der Waals surface area contributed by atoms with Gasteiger partial charge >= 0.3 is 0 Å². The van der Waals surface area contributed by atoms with Crippen LogP contribution in [-0.4, -0.2) is 33.5 Å². The number of thioether (sulfide) groups is 2. The number of hydrogen-bond acceptors (Lipinski definition) is 6. The molecule has 4 rings (SSSR count). The Bertz CT molecular complexity index is 1150. The molecule has 0 atom stereocenters. The average molecular weight is 444 g/mol. The summed E-state index contributed by atoms with van der Waals surface area (Å²) in [6.45, 7) is 6.03. The maximum Gasteiger partial charge on any atom is 0.267 e. The minimum atomic E-state index is -0.110. The van der Waals surface area contributed by atoms with Gasteiger partial charge in [-0.15, -0.1) is 29.7 Å². The molecule has 0 bridgehead atoms. The predicted octanol–water partition coefficient (Wildman–Crippen LogP) is 4.19. The smallest absolute Gasteiger partial charge is 0.267 e. The number of thiophene rings is 1. The number of hydrogen-bond donors (Lipinski definition) is 1. The summed E-state index contributed by atoms with van der Waals surface area (Å²) < 4.78 is 2.87. The van der Waals surface area contributed by atoms with Crippen LogP contribution >= 0.6 is 34.9 Å². The molecule has 0 radical (unpaired) electrons. The van der Waals surface area contributed by atoms with E-state index in [4.69, 9.17) is 4.98 Å². The molecule has 1 aliphatic rings. The summed E-state index contributed by atoms with van der Waals surface area (Å²) in [5.41, 5.74) is 2.94. The first-order valence-electron chi connectivity index (χ1n) is 9.37. The zero-order chi connectivity index (χ0) is 20.4. The van der Waals surface area contributed by atoms with Crippen molar-refractivity contribution in [1.29, 1.82) is 0 Å². The predicted molar refractivity (Wildman–Crippen MR) is 123 cm³/mol. The molecule has 1 N–H and O–H groups in total. The number of carbonyl (C=O) groups excluding carboxylic acids is 1. The molecule has 150 valence electrons. The lowest BCUT2D eigenvalue weighted by atomic mass is 10.1. The van der Waals surface area contributed by atoms with Crippen molar-refractivity contribution >= 4 is 51.0 Å². The summed E-state index contributed by atoms with van der Waals surface area (Å²) >= 11 is 4.69. The van der Waals surface area contributed by atoms with E-state index in [1.807, 2.05) is 43.0 Å². The van der Waals surface area contributed by atoms with Gasteiger partial charge in [-0.2, -0.15) is 0 Å². The van der Waals surface area contributed by atoms with Gasteiger partial charge in [0.15, 0.2) is 5.16 Å². The van der Waals surface area contributed by atoms with Crippen LogP contribution in [0.2, 0.25) is 0 Å². The first kappa shape index (κ1) is 20.3. The van der Waals surface area contributed by atoms with Crippen molar-refractivity contribution in [2.75, 3.05) is 18.1 Å². The van der Waals surface area contributed by atoms with Crippen molar-refractivity contribution in [2.45, 2.75) is 29.1 Å². The van der Waals surface area contributed by atoms with E-state index in [9.17, 15) is 9.59 Å². The number of carbonyl (C=O) groups is 1. The Morgan fingerprint density at radius 1 is 1.45 bits per heavy atom. The highest BCUT2D eigenvalue weighted by Gasteiger charge is 2.23. The lowest BCUT2D eigenvalue weighted by molar-refractivity contribution is -0.118. The quantitative estimate of drug-likeness (QED) is 0.352. The van der Waals surface area contributed by atoms with Crippen LogP contribution < -0.4 is 10.9 Å². The summed E-state index contributed by atoms with van der Waals surface area (Å²) in [5.74, 6) is 1.16. The lowest BCUT2D eigenvalue weighted by Crippen LogP contribution is -2.26. The van der Waals surface area contributed by atoms with E-state index in [0.717, 1.165) is 45.6 Å². The van der Waals surface area contributed by atoms with Gasteiger partial charge in [0, 0.05) is 6.54 Å². The van der Waals surface area contributed by atoms with E-state index in [0.29, 0.717) is 11.7 Å². The van der Waals surface area contributed by atoms with Crippen molar-refractivity contribution < 1.29 is 4.79 Å². The third kappa shape index (κ3) is 4.15. The second-order valence-electron chi connectivity index (χ2n) is 6.76. The third-order valence-corrected chi connectivity index (χ3v) is 8.06. The minimum absolute atomic E-state index is 0.0467. The maximum absolute atomic E-state index is 13.6. The van der Waals surface area contributed by atoms with E-state index in [2.05, 4.69) is 11.9 Å². The Hall–Kier alpha value is -2.03. The Balaban J connectivity index is 1.84. The molecule has 1 amide bonds. The van der Waals surface area contributed by atoms with Crippen LogP contribution in [-0.2, 0) is 11.2 Å². The summed E-state index contributed by atoms with van der Waals surface area (Å²) in [5, 5.41) is 4.05. The van der Waals surface area contributed by atoms with Gasteiger partial charge in [-0.05, 0) is 48.8 Å². The highest BCUT2D eigenvalue weighted by molar-refractivity contribution is 8.01. The summed E-state index contributed by atoms with van der Waals surface area (Å²) in [6, 6.07) is 7.83. The fourth-order valence-electron chi connectivity index (χ4n) is 3.28. The number of amides is 1. The van der Waals surface area contributed by atoms with Crippen LogP contribution in [0.1, 0.15) is 17.5 Å². The zero-order valence-corrected chi connectivity index (χ0v) is 18.5. The highest BCUT2D eigenvalue weighted by atomic mass is 32.2. The van der Waals surface area contributed by atoms with Crippen LogP contribution in [0.3, 0.4) is 0 Å². The largest absolute Gasteiger partial charge is 0.352 e. The molecule has 0 saturated carbocycles. The van der Waals surface area contributed by atoms with Crippen LogP contribution in [0.15, 0.2) is 51.1 Å². The van der Waals surface area contributed by atoms with Gasteiger partial charge in [0.1, 0.15) is 4.83 Å². The summed E-state index contributed by atoms with van der Waals surface area (Å²) in [4.78, 5) is 31.3. The zero-order valence-electron chi connectivity index (χ0n) is 16.1. The standard InChI is InChI=1S/C21H21N3O2S3/c1-3-9-22-16(25)12-28-21-23-18-17(15-8-5-10-27-20(15)29-18)19(26)24(21)14-7-4-6-13(2)11-14/h3-4,6-7,11H,1,5,8-10,12H2,2H3,(H,22,25). The van der Waals surface area contributed by atoms with Crippen molar-refractivity contribution in [1.82, 2.24) is 14.9 Å². The van der Waals surface area contributed by atoms with Gasteiger partial charge in [-0.25, -0.2) is 4.98 Å². The van der Waals surface area contributed by atoms with E-state index < -0.39 is 0 Å². The van der Waals surface area contributed by atoms with E-state index in [1.165, 1.54) is 16.0 Å². The van der Waals surface area contributed by atoms with Gasteiger partial charge in [-0.3, -0.25) is 14.2 Å². The normalized spacial score (nSPS) is 13.3. The van der Waals surface area contributed by atoms with Crippen LogP contribution in [0.4, 0.5) is 0 Å². The molecular weight excluding hydrogens is 422 g/mol. The van der Waals surface area contributed by atoms with Crippen molar-refractivity contribution in [3.8, 4) is 5.69 Å². The lowest BCUT2D eigenvalue weighted by Gasteiger charge is -2.14. The minimum Gasteiger partial charge on any atom is -0.352 e. The Morgan fingerprint density at radius 2 is 2.31 bits per heavy atom. The molecule has 0 saturated heterocycles. The van der Waals surface area contributed by atoms with Crippen LogP contribution in [0.5, 0.6) is 0 Å². The number of aryl methyl sites for hydroxylation is 2. The monoisotopic (exact) mass is 443 g/mol. The van der Waals surface area contributed by atoms with Crippen LogP contribution in [0.25, 0.3) is 15.9 Å². The molecule has 29 heavy (non-hydrogen) atoms. The molecule has 2 aromatic heterocycles. The van der Waals surface area contributed by atoms with E-state index in [-0.39, 0.29) is 17.2 Å². The SMILES string of the molecule is C=CCNC(=O)CSc1nc2sc3c(c2c(=O)n1-c1cccc(C)c1)CCCS3. The fraction of sp³-hybridized carbons (Fsp3) is 0.286. The summed E-state index contributed by atoms with van der Waals surface area (Å²) in [7, 11) is 0. The summed E-state index contributed by atoms with van der Waals surface area (Å²) in [6.07, 6.45) is 3.64. The first-order valence-corrected chi connectivity index (χ1v) is 12.2. The number of fused-ring (bicyclic) bond motifs is 3. The molecule has 3 heterocycles. The molecule has 1 aromatic carbocycles. The number of benzene rings is 1. The second-order valence-corrected chi connectivity index (χ2v) is 10.1. The Kier molecular flexibility index (Phi) is 6.12. The number of nitrogens with zero attached hydrogens (tertiary/aromatic N) is 2. The van der Waals surface area contributed by atoms with E-state index >= 15 is 0 Å². The number of aromatic nitrogens is 2. The Labute approximate surface area is 181 Å². The van der Waals surface area contributed by atoms with Gasteiger partial charge in [0.05, 0.1) is 21.0 Å². The Morgan fingerprint density at radius 3 is 3.10 bits per heavy atom. The molecule has 8 heteroatoms. The van der Waals surface area contributed by atoms with Gasteiger partial charge < -0.3 is 5.32 Å². The number of nitrogens with one attached hydrogen (secondary N) is 1.